The average Bonchev–Trinajstić information content (AvgIpc) is 3.22. The van der Waals surface area contributed by atoms with Gasteiger partial charge in [-0.05, 0) is 53.6 Å². The highest BCUT2D eigenvalue weighted by atomic mass is 35.5. The van der Waals surface area contributed by atoms with Crippen LogP contribution in [-0.4, -0.2) is 11.8 Å². The van der Waals surface area contributed by atoms with Gasteiger partial charge in [-0.15, -0.1) is 0 Å². The Bertz CT molecular complexity index is 1070. The highest BCUT2D eigenvalue weighted by Crippen LogP contribution is 2.34. The summed E-state index contributed by atoms with van der Waals surface area (Å²) in [6.45, 7) is 1.61. The van der Waals surface area contributed by atoms with Crippen LogP contribution in [0.5, 0.6) is 0 Å². The van der Waals surface area contributed by atoms with Gasteiger partial charge in [0.15, 0.2) is 0 Å². The van der Waals surface area contributed by atoms with Crippen LogP contribution in [0.1, 0.15) is 31.8 Å². The van der Waals surface area contributed by atoms with E-state index in [-0.39, 0.29) is 11.8 Å². The quantitative estimate of drug-likeness (QED) is 0.612. The molecule has 0 saturated carbocycles. The predicted molar refractivity (Wildman–Crippen MR) is 105 cm³/mol. The molecule has 2 heterocycles. The van der Waals surface area contributed by atoms with Crippen LogP contribution in [0, 0.1) is 0 Å². The lowest BCUT2D eigenvalue weighted by Gasteiger charge is -2.18. The van der Waals surface area contributed by atoms with Crippen molar-refractivity contribution < 1.29 is 9.59 Å². The van der Waals surface area contributed by atoms with Gasteiger partial charge in [-0.25, -0.2) is 4.90 Å². The fourth-order valence-electron chi connectivity index (χ4n) is 3.77. The molecule has 3 aromatic carbocycles. The minimum atomic E-state index is -0.298. The van der Waals surface area contributed by atoms with Crippen LogP contribution < -0.4 is 9.80 Å². The number of carbonyl (C=O) groups is 2. The summed E-state index contributed by atoms with van der Waals surface area (Å²) in [7, 11) is 0. The summed E-state index contributed by atoms with van der Waals surface area (Å²) in [4.78, 5) is 29.1. The third kappa shape index (κ3) is 2.53. The Kier molecular flexibility index (Phi) is 3.55. The normalized spacial score (nSPS) is 15.3. The SMILES string of the molecule is O=C1c2ccc(N3Cc4ccccc4C3)cc2C(=O)N1c1ccc(Cl)cc1. The average molecular weight is 375 g/mol. The van der Waals surface area contributed by atoms with E-state index in [0.717, 1.165) is 18.8 Å². The minimum absolute atomic E-state index is 0.295. The summed E-state index contributed by atoms with van der Waals surface area (Å²) >= 11 is 5.92. The first-order valence-electron chi connectivity index (χ1n) is 8.72. The van der Waals surface area contributed by atoms with E-state index >= 15 is 0 Å². The van der Waals surface area contributed by atoms with Crippen molar-refractivity contribution in [3.8, 4) is 0 Å². The van der Waals surface area contributed by atoms with E-state index in [2.05, 4.69) is 17.0 Å². The zero-order valence-electron chi connectivity index (χ0n) is 14.4. The second-order valence-electron chi connectivity index (χ2n) is 6.78. The first kappa shape index (κ1) is 16.1. The van der Waals surface area contributed by atoms with E-state index in [9.17, 15) is 9.59 Å². The maximum absolute atomic E-state index is 12.9. The van der Waals surface area contributed by atoms with E-state index in [0.29, 0.717) is 21.8 Å². The first-order chi connectivity index (χ1) is 13.1. The van der Waals surface area contributed by atoms with Gasteiger partial charge in [-0.3, -0.25) is 9.59 Å². The van der Waals surface area contributed by atoms with Gasteiger partial charge in [0.1, 0.15) is 0 Å². The van der Waals surface area contributed by atoms with E-state index in [1.807, 2.05) is 24.3 Å². The van der Waals surface area contributed by atoms with Crippen molar-refractivity contribution in [2.24, 2.45) is 0 Å². The molecular weight excluding hydrogens is 360 g/mol. The van der Waals surface area contributed by atoms with Gasteiger partial charge in [-0.1, -0.05) is 35.9 Å². The van der Waals surface area contributed by atoms with E-state index in [4.69, 9.17) is 11.6 Å². The molecule has 0 atom stereocenters. The second-order valence-corrected chi connectivity index (χ2v) is 7.21. The molecule has 5 heteroatoms. The first-order valence-corrected chi connectivity index (χ1v) is 9.10. The maximum Gasteiger partial charge on any atom is 0.266 e. The van der Waals surface area contributed by atoms with Crippen LogP contribution in [0.25, 0.3) is 0 Å². The summed E-state index contributed by atoms with van der Waals surface area (Å²) < 4.78 is 0. The van der Waals surface area contributed by atoms with Crippen molar-refractivity contribution in [1.82, 2.24) is 0 Å². The largest absolute Gasteiger partial charge is 0.363 e. The number of amides is 2. The smallest absolute Gasteiger partial charge is 0.266 e. The number of hydrogen-bond acceptors (Lipinski definition) is 3. The van der Waals surface area contributed by atoms with Gasteiger partial charge >= 0.3 is 0 Å². The molecule has 4 nitrogen and oxygen atoms in total. The Morgan fingerprint density at radius 1 is 0.704 bits per heavy atom. The van der Waals surface area contributed by atoms with Crippen molar-refractivity contribution in [1.29, 1.82) is 0 Å². The van der Waals surface area contributed by atoms with Gasteiger partial charge in [0, 0.05) is 23.8 Å². The number of hydrogen-bond donors (Lipinski definition) is 0. The van der Waals surface area contributed by atoms with Crippen LogP contribution in [0.4, 0.5) is 11.4 Å². The third-order valence-electron chi connectivity index (χ3n) is 5.16. The lowest BCUT2D eigenvalue weighted by atomic mass is 10.1. The molecule has 0 aliphatic carbocycles. The topological polar surface area (TPSA) is 40.6 Å². The molecule has 0 aromatic heterocycles. The molecule has 2 aliphatic heterocycles. The standard InChI is InChI=1S/C22H15ClN2O2/c23-16-5-7-17(8-6-16)25-21(26)19-10-9-18(11-20(19)22(25)27)24-12-14-3-1-2-4-15(14)13-24/h1-11H,12-13H2. The molecule has 0 bridgehead atoms. The number of halogens is 1. The minimum Gasteiger partial charge on any atom is -0.363 e. The number of anilines is 2. The summed E-state index contributed by atoms with van der Waals surface area (Å²) in [5.74, 6) is -0.593. The molecule has 0 spiro atoms. The van der Waals surface area contributed by atoms with Crippen LogP contribution in [0.3, 0.4) is 0 Å². The number of benzene rings is 3. The van der Waals surface area contributed by atoms with Crippen molar-refractivity contribution in [2.75, 3.05) is 9.80 Å². The van der Waals surface area contributed by atoms with Gasteiger partial charge in [0.25, 0.3) is 11.8 Å². The van der Waals surface area contributed by atoms with Crippen LogP contribution in [0.15, 0.2) is 66.7 Å². The zero-order chi connectivity index (χ0) is 18.5. The lowest BCUT2D eigenvalue weighted by molar-refractivity contribution is 0.0926. The van der Waals surface area contributed by atoms with Crippen molar-refractivity contribution in [2.45, 2.75) is 13.1 Å². The molecular formula is C22H15ClN2O2. The highest BCUT2D eigenvalue weighted by Gasteiger charge is 2.37. The summed E-state index contributed by atoms with van der Waals surface area (Å²) in [6, 6.07) is 20.5. The molecule has 132 valence electrons. The van der Waals surface area contributed by atoms with Crippen molar-refractivity contribution >= 4 is 34.8 Å². The van der Waals surface area contributed by atoms with Crippen molar-refractivity contribution in [3.05, 3.63) is 94.0 Å². The van der Waals surface area contributed by atoms with Crippen LogP contribution in [0.2, 0.25) is 5.02 Å². The van der Waals surface area contributed by atoms with Gasteiger partial charge < -0.3 is 4.90 Å². The van der Waals surface area contributed by atoms with E-state index in [1.54, 1.807) is 30.3 Å². The maximum atomic E-state index is 12.9. The molecule has 0 N–H and O–H groups in total. The van der Waals surface area contributed by atoms with Gasteiger partial charge in [0.2, 0.25) is 0 Å². The molecule has 3 aromatic rings. The Balaban J connectivity index is 1.48. The van der Waals surface area contributed by atoms with Gasteiger partial charge in [-0.2, -0.15) is 0 Å². The molecule has 27 heavy (non-hydrogen) atoms. The van der Waals surface area contributed by atoms with Crippen LogP contribution >= 0.6 is 11.6 Å². The Hall–Kier alpha value is -3.11. The Labute approximate surface area is 161 Å². The Morgan fingerprint density at radius 2 is 1.30 bits per heavy atom. The fourth-order valence-corrected chi connectivity index (χ4v) is 3.89. The molecule has 5 rings (SSSR count). The fraction of sp³-hybridized carbons (Fsp3) is 0.0909. The molecule has 0 saturated heterocycles. The third-order valence-corrected chi connectivity index (χ3v) is 5.41. The lowest BCUT2D eigenvalue weighted by Crippen LogP contribution is -2.29. The summed E-state index contributed by atoms with van der Waals surface area (Å²) in [5.41, 5.74) is 4.95. The number of rotatable bonds is 2. The number of nitrogens with zero attached hydrogens (tertiary/aromatic N) is 2. The molecule has 0 unspecified atom stereocenters. The predicted octanol–water partition coefficient (Wildman–Crippen LogP) is 4.66. The molecule has 0 radical (unpaired) electrons. The number of carbonyl (C=O) groups excluding carboxylic acids is 2. The highest BCUT2D eigenvalue weighted by molar-refractivity contribution is 6.35. The molecule has 0 fully saturated rings. The van der Waals surface area contributed by atoms with Gasteiger partial charge in [0.05, 0.1) is 16.8 Å². The van der Waals surface area contributed by atoms with Crippen molar-refractivity contribution in [3.63, 3.8) is 0 Å². The zero-order valence-corrected chi connectivity index (χ0v) is 15.1. The monoisotopic (exact) mass is 374 g/mol. The van der Waals surface area contributed by atoms with E-state index in [1.165, 1.54) is 16.0 Å². The number of fused-ring (bicyclic) bond motifs is 2. The molecule has 2 aliphatic rings. The van der Waals surface area contributed by atoms with E-state index < -0.39 is 0 Å². The number of imide groups is 1. The molecule has 2 amide bonds. The Morgan fingerprint density at radius 3 is 1.96 bits per heavy atom. The van der Waals surface area contributed by atoms with Crippen LogP contribution in [-0.2, 0) is 13.1 Å². The summed E-state index contributed by atoms with van der Waals surface area (Å²) in [6.07, 6.45) is 0. The summed E-state index contributed by atoms with van der Waals surface area (Å²) in [5, 5.41) is 0.561. The second kappa shape index (κ2) is 5.96.